The molecule has 0 saturated heterocycles. The number of rotatable bonds is 2. The van der Waals surface area contributed by atoms with Crippen LogP contribution < -0.4 is 4.74 Å². The van der Waals surface area contributed by atoms with Crippen molar-refractivity contribution < 1.29 is 4.74 Å². The summed E-state index contributed by atoms with van der Waals surface area (Å²) in [7, 11) is 1.72. The average Bonchev–Trinajstić information content (AvgIpc) is 2.59. The molecule has 1 nitrogen and oxygen atoms in total. The van der Waals surface area contributed by atoms with Gasteiger partial charge in [0.15, 0.2) is 0 Å². The van der Waals surface area contributed by atoms with Crippen LogP contribution in [0.5, 0.6) is 5.75 Å². The Labute approximate surface area is 95.8 Å². The molecular weight excluding hydrogens is 260 g/mol. The van der Waals surface area contributed by atoms with Crippen molar-refractivity contribution in [2.24, 2.45) is 0 Å². The zero-order valence-corrected chi connectivity index (χ0v) is 10.5. The number of aryl methyl sites for hydroxylation is 1. The molecule has 0 unspecified atom stereocenters. The summed E-state index contributed by atoms with van der Waals surface area (Å²) < 4.78 is 6.60. The second-order valence-electron chi connectivity index (χ2n) is 3.23. The highest BCUT2D eigenvalue weighted by molar-refractivity contribution is 9.08. The number of alkyl halides is 1. The summed E-state index contributed by atoms with van der Waals surface area (Å²) in [4.78, 5) is 1.34. The lowest BCUT2D eigenvalue weighted by molar-refractivity contribution is 0.420. The van der Waals surface area contributed by atoms with Gasteiger partial charge in [-0.05, 0) is 30.0 Å². The van der Waals surface area contributed by atoms with Crippen molar-refractivity contribution in [3.05, 3.63) is 28.6 Å². The fraction of sp³-hybridized carbons (Fsp3) is 0.273. The number of thiophene rings is 1. The number of hydrogen-bond donors (Lipinski definition) is 0. The predicted octanol–water partition coefficient (Wildman–Crippen LogP) is 4.11. The van der Waals surface area contributed by atoms with E-state index in [1.807, 2.05) is 0 Å². The van der Waals surface area contributed by atoms with E-state index in [4.69, 9.17) is 4.74 Å². The van der Waals surface area contributed by atoms with E-state index >= 15 is 0 Å². The largest absolute Gasteiger partial charge is 0.495 e. The van der Waals surface area contributed by atoms with Crippen LogP contribution in [0.4, 0.5) is 0 Å². The molecule has 0 aliphatic carbocycles. The van der Waals surface area contributed by atoms with Crippen molar-refractivity contribution in [2.45, 2.75) is 12.3 Å². The van der Waals surface area contributed by atoms with Gasteiger partial charge in [-0.3, -0.25) is 0 Å². The van der Waals surface area contributed by atoms with Crippen molar-refractivity contribution >= 4 is 37.4 Å². The molecule has 0 radical (unpaired) electrons. The van der Waals surface area contributed by atoms with Gasteiger partial charge in [0.2, 0.25) is 0 Å². The number of benzene rings is 1. The van der Waals surface area contributed by atoms with Crippen molar-refractivity contribution in [3.8, 4) is 5.75 Å². The monoisotopic (exact) mass is 270 g/mol. The molecule has 14 heavy (non-hydrogen) atoms. The molecule has 2 aromatic rings. The Morgan fingerprint density at radius 2 is 2.14 bits per heavy atom. The molecule has 2 rings (SSSR count). The molecule has 0 atom stereocenters. The summed E-state index contributed by atoms with van der Waals surface area (Å²) in [5, 5.41) is 2.19. The molecule has 0 fully saturated rings. The van der Waals surface area contributed by atoms with E-state index in [9.17, 15) is 0 Å². The van der Waals surface area contributed by atoms with Crippen LogP contribution >= 0.6 is 27.3 Å². The van der Waals surface area contributed by atoms with Crippen molar-refractivity contribution in [2.75, 3.05) is 7.11 Å². The minimum atomic E-state index is 0.911. The lowest BCUT2D eigenvalue weighted by Crippen LogP contribution is -1.83. The van der Waals surface area contributed by atoms with Crippen LogP contribution in [0.2, 0.25) is 0 Å². The maximum Gasteiger partial charge on any atom is 0.136 e. The quantitative estimate of drug-likeness (QED) is 0.747. The molecule has 1 aromatic carbocycles. The summed E-state index contributed by atoms with van der Waals surface area (Å²) in [6, 6.07) is 6.49. The summed E-state index contributed by atoms with van der Waals surface area (Å²) in [6.07, 6.45) is 0. The van der Waals surface area contributed by atoms with Gasteiger partial charge < -0.3 is 4.74 Å². The molecule has 0 saturated carbocycles. The van der Waals surface area contributed by atoms with E-state index in [1.165, 1.54) is 20.5 Å². The average molecular weight is 271 g/mol. The number of hydrogen-bond acceptors (Lipinski definition) is 2. The normalized spacial score (nSPS) is 10.8. The number of halogens is 1. The first-order valence-electron chi connectivity index (χ1n) is 4.37. The SMILES string of the molecule is COc1cc(C)cc2cc(CBr)sc12. The standard InChI is InChI=1S/C11H11BrOS/c1-7-3-8-5-9(6-12)14-11(8)10(4-7)13-2/h3-5H,6H2,1-2H3. The Bertz CT molecular complexity index is 462. The highest BCUT2D eigenvalue weighted by Crippen LogP contribution is 2.35. The zero-order valence-electron chi connectivity index (χ0n) is 8.13. The zero-order chi connectivity index (χ0) is 10.1. The van der Waals surface area contributed by atoms with Gasteiger partial charge in [-0.1, -0.05) is 22.0 Å². The molecule has 1 aromatic heterocycles. The molecule has 0 aliphatic heterocycles. The van der Waals surface area contributed by atoms with Crippen LogP contribution in [0.15, 0.2) is 18.2 Å². The summed E-state index contributed by atoms with van der Waals surface area (Å²) in [5.74, 6) is 0.984. The summed E-state index contributed by atoms with van der Waals surface area (Å²) in [6.45, 7) is 2.09. The van der Waals surface area contributed by atoms with Gasteiger partial charge in [-0.2, -0.15) is 0 Å². The molecule has 1 heterocycles. The van der Waals surface area contributed by atoms with E-state index in [-0.39, 0.29) is 0 Å². The van der Waals surface area contributed by atoms with Gasteiger partial charge in [0.25, 0.3) is 0 Å². The summed E-state index contributed by atoms with van der Waals surface area (Å²) in [5.41, 5.74) is 1.24. The smallest absolute Gasteiger partial charge is 0.136 e. The third-order valence-corrected chi connectivity index (χ3v) is 4.27. The molecule has 0 bridgehead atoms. The molecule has 74 valence electrons. The lowest BCUT2D eigenvalue weighted by atomic mass is 10.2. The van der Waals surface area contributed by atoms with Crippen molar-refractivity contribution in [1.82, 2.24) is 0 Å². The Morgan fingerprint density at radius 1 is 1.36 bits per heavy atom. The second kappa shape index (κ2) is 3.91. The van der Waals surface area contributed by atoms with Crippen LogP contribution in [0, 0.1) is 6.92 Å². The lowest BCUT2D eigenvalue weighted by Gasteiger charge is -2.02. The number of methoxy groups -OCH3 is 1. The van der Waals surface area contributed by atoms with Crippen LogP contribution in [0.1, 0.15) is 10.4 Å². The molecular formula is C11H11BrOS. The van der Waals surface area contributed by atoms with Gasteiger partial charge in [0.1, 0.15) is 5.75 Å². The second-order valence-corrected chi connectivity index (χ2v) is 4.93. The summed E-state index contributed by atoms with van der Waals surface area (Å²) >= 11 is 5.26. The van der Waals surface area contributed by atoms with Gasteiger partial charge in [0.05, 0.1) is 11.8 Å². The van der Waals surface area contributed by atoms with E-state index in [0.29, 0.717) is 0 Å². The molecule has 0 amide bonds. The topological polar surface area (TPSA) is 9.23 Å². The first kappa shape index (κ1) is 9.99. The van der Waals surface area contributed by atoms with Crippen molar-refractivity contribution in [3.63, 3.8) is 0 Å². The van der Waals surface area contributed by atoms with E-state index in [2.05, 4.69) is 41.1 Å². The minimum Gasteiger partial charge on any atom is -0.495 e. The Balaban J connectivity index is 2.71. The Kier molecular flexibility index (Phi) is 2.79. The Morgan fingerprint density at radius 3 is 2.79 bits per heavy atom. The minimum absolute atomic E-state index is 0.911. The van der Waals surface area contributed by atoms with Crippen LogP contribution in [0.3, 0.4) is 0 Å². The predicted molar refractivity (Wildman–Crippen MR) is 65.7 cm³/mol. The fourth-order valence-electron chi connectivity index (χ4n) is 1.53. The van der Waals surface area contributed by atoms with Gasteiger partial charge in [-0.25, -0.2) is 0 Å². The molecule has 0 N–H and O–H groups in total. The van der Waals surface area contributed by atoms with Crippen LogP contribution in [-0.4, -0.2) is 7.11 Å². The maximum atomic E-state index is 5.36. The maximum absolute atomic E-state index is 5.36. The fourth-order valence-corrected chi connectivity index (χ4v) is 3.02. The molecule has 0 aliphatic rings. The third kappa shape index (κ3) is 1.66. The number of ether oxygens (including phenoxy) is 1. The highest BCUT2D eigenvalue weighted by Gasteiger charge is 2.06. The van der Waals surface area contributed by atoms with E-state index in [0.717, 1.165) is 11.1 Å². The highest BCUT2D eigenvalue weighted by atomic mass is 79.9. The van der Waals surface area contributed by atoms with Crippen LogP contribution in [-0.2, 0) is 5.33 Å². The van der Waals surface area contributed by atoms with Gasteiger partial charge >= 0.3 is 0 Å². The molecule has 0 spiro atoms. The third-order valence-electron chi connectivity index (χ3n) is 2.13. The van der Waals surface area contributed by atoms with E-state index < -0.39 is 0 Å². The Hall–Kier alpha value is -0.540. The van der Waals surface area contributed by atoms with E-state index in [1.54, 1.807) is 18.4 Å². The van der Waals surface area contributed by atoms with Gasteiger partial charge in [0, 0.05) is 10.2 Å². The van der Waals surface area contributed by atoms with Crippen molar-refractivity contribution in [1.29, 1.82) is 0 Å². The van der Waals surface area contributed by atoms with Crippen LogP contribution in [0.25, 0.3) is 10.1 Å². The molecule has 3 heteroatoms. The first-order chi connectivity index (χ1) is 6.74. The first-order valence-corrected chi connectivity index (χ1v) is 6.31. The van der Waals surface area contributed by atoms with Gasteiger partial charge in [-0.15, -0.1) is 11.3 Å². The number of fused-ring (bicyclic) bond motifs is 1.